The summed E-state index contributed by atoms with van der Waals surface area (Å²) in [6, 6.07) is 7.19. The van der Waals surface area contributed by atoms with E-state index in [1.807, 2.05) is 6.92 Å². The summed E-state index contributed by atoms with van der Waals surface area (Å²) in [7, 11) is 1.78. The topological polar surface area (TPSA) is 48.0 Å². The lowest BCUT2D eigenvalue weighted by atomic mass is 10.1. The van der Waals surface area contributed by atoms with Crippen molar-refractivity contribution in [1.82, 2.24) is 4.57 Å². The predicted molar refractivity (Wildman–Crippen MR) is 64.4 cm³/mol. The van der Waals surface area contributed by atoms with Gasteiger partial charge >= 0.3 is 0 Å². The molecule has 2 rings (SSSR count). The van der Waals surface area contributed by atoms with Crippen LogP contribution in [0.5, 0.6) is 0 Å². The van der Waals surface area contributed by atoms with Gasteiger partial charge in [0.15, 0.2) is 0 Å². The van der Waals surface area contributed by atoms with Crippen molar-refractivity contribution >= 4 is 11.5 Å². The molecule has 2 aromatic rings. The second kappa shape index (κ2) is 4.05. The smallest absolute Gasteiger partial charge is 0.211 e. The maximum absolute atomic E-state index is 12.8. The van der Waals surface area contributed by atoms with Crippen molar-refractivity contribution in [3.05, 3.63) is 53.1 Å². The number of carbonyl (C=O) groups excluding carboxylic acids is 1. The van der Waals surface area contributed by atoms with Gasteiger partial charge in [0.2, 0.25) is 5.78 Å². The Morgan fingerprint density at radius 1 is 1.29 bits per heavy atom. The molecule has 0 aliphatic rings. The molecule has 1 aromatic heterocycles. The van der Waals surface area contributed by atoms with Crippen LogP contribution in [0.15, 0.2) is 30.3 Å². The van der Waals surface area contributed by atoms with Gasteiger partial charge in [-0.25, -0.2) is 4.39 Å². The summed E-state index contributed by atoms with van der Waals surface area (Å²) in [5.74, 6) is -0.560. The zero-order valence-corrected chi connectivity index (χ0v) is 9.70. The van der Waals surface area contributed by atoms with Gasteiger partial charge in [-0.1, -0.05) is 0 Å². The van der Waals surface area contributed by atoms with Crippen LogP contribution in [0, 0.1) is 12.7 Å². The van der Waals surface area contributed by atoms with Crippen LogP contribution in [-0.4, -0.2) is 10.4 Å². The van der Waals surface area contributed by atoms with Crippen LogP contribution in [-0.2, 0) is 7.05 Å². The molecular formula is C13H13FN2O. The lowest BCUT2D eigenvalue weighted by Crippen LogP contribution is -2.10. The Bertz CT molecular complexity index is 570. The molecule has 0 amide bonds. The minimum atomic E-state index is -0.363. The van der Waals surface area contributed by atoms with Gasteiger partial charge in [-0.3, -0.25) is 4.79 Å². The van der Waals surface area contributed by atoms with E-state index in [4.69, 9.17) is 5.73 Å². The molecule has 0 fully saturated rings. The Kier molecular flexibility index (Phi) is 2.71. The second-order valence-electron chi connectivity index (χ2n) is 3.98. The third-order valence-electron chi connectivity index (χ3n) is 2.82. The van der Waals surface area contributed by atoms with E-state index in [2.05, 4.69) is 0 Å². The van der Waals surface area contributed by atoms with Gasteiger partial charge in [0.25, 0.3) is 0 Å². The van der Waals surface area contributed by atoms with E-state index in [1.54, 1.807) is 17.7 Å². The van der Waals surface area contributed by atoms with Crippen LogP contribution in [0.2, 0.25) is 0 Å². The largest absolute Gasteiger partial charge is 0.397 e. The monoisotopic (exact) mass is 232 g/mol. The van der Waals surface area contributed by atoms with Gasteiger partial charge < -0.3 is 10.3 Å². The zero-order valence-electron chi connectivity index (χ0n) is 9.70. The molecule has 0 aliphatic heterocycles. The summed E-state index contributed by atoms with van der Waals surface area (Å²) in [6.07, 6.45) is 0. The van der Waals surface area contributed by atoms with E-state index in [0.717, 1.165) is 5.69 Å². The highest BCUT2D eigenvalue weighted by Gasteiger charge is 2.17. The third-order valence-corrected chi connectivity index (χ3v) is 2.82. The number of carbonyl (C=O) groups is 1. The molecule has 0 saturated carbocycles. The molecule has 0 saturated heterocycles. The maximum atomic E-state index is 12.8. The number of ketones is 1. The highest BCUT2D eigenvalue weighted by Crippen LogP contribution is 2.20. The van der Waals surface area contributed by atoms with Crippen molar-refractivity contribution in [2.45, 2.75) is 6.92 Å². The van der Waals surface area contributed by atoms with Gasteiger partial charge in [-0.05, 0) is 37.3 Å². The molecule has 0 atom stereocenters. The fraction of sp³-hybridized carbons (Fsp3) is 0.154. The van der Waals surface area contributed by atoms with Crippen LogP contribution in [0.3, 0.4) is 0 Å². The Morgan fingerprint density at radius 2 is 1.88 bits per heavy atom. The summed E-state index contributed by atoms with van der Waals surface area (Å²) < 4.78 is 14.5. The van der Waals surface area contributed by atoms with E-state index < -0.39 is 0 Å². The Balaban J connectivity index is 2.47. The van der Waals surface area contributed by atoms with Crippen molar-refractivity contribution in [1.29, 1.82) is 0 Å². The highest BCUT2D eigenvalue weighted by molar-refractivity contribution is 6.11. The summed E-state index contributed by atoms with van der Waals surface area (Å²) in [5.41, 5.74) is 8.02. The molecule has 88 valence electrons. The van der Waals surface area contributed by atoms with Crippen molar-refractivity contribution in [2.75, 3.05) is 5.73 Å². The first-order valence-corrected chi connectivity index (χ1v) is 5.22. The number of anilines is 1. The van der Waals surface area contributed by atoms with Crippen LogP contribution >= 0.6 is 0 Å². The van der Waals surface area contributed by atoms with Gasteiger partial charge in [0, 0.05) is 18.3 Å². The van der Waals surface area contributed by atoms with Gasteiger partial charge in [0.05, 0.1) is 5.69 Å². The number of nitrogens with two attached hydrogens (primary N) is 1. The van der Waals surface area contributed by atoms with Crippen LogP contribution in [0.25, 0.3) is 0 Å². The average Bonchev–Trinajstić information content (AvgIpc) is 2.53. The highest BCUT2D eigenvalue weighted by atomic mass is 19.1. The first-order chi connectivity index (χ1) is 8.00. The fourth-order valence-corrected chi connectivity index (χ4v) is 1.78. The zero-order chi connectivity index (χ0) is 12.6. The standard InChI is InChI=1S/C13H13FN2O/c1-8-7-11(15)12(16(8)2)13(17)9-3-5-10(14)6-4-9/h3-7H,15H2,1-2H3. The minimum Gasteiger partial charge on any atom is -0.397 e. The first kappa shape index (κ1) is 11.4. The molecule has 0 aliphatic carbocycles. The molecule has 0 bridgehead atoms. The molecule has 0 radical (unpaired) electrons. The number of aryl methyl sites for hydroxylation is 1. The van der Waals surface area contributed by atoms with Crippen molar-refractivity contribution < 1.29 is 9.18 Å². The third kappa shape index (κ3) is 1.93. The van der Waals surface area contributed by atoms with Crippen LogP contribution in [0.4, 0.5) is 10.1 Å². The van der Waals surface area contributed by atoms with Crippen molar-refractivity contribution in [3.63, 3.8) is 0 Å². The molecule has 1 heterocycles. The number of aromatic nitrogens is 1. The molecular weight excluding hydrogens is 219 g/mol. The van der Waals surface area contributed by atoms with Crippen molar-refractivity contribution in [2.24, 2.45) is 7.05 Å². The molecule has 0 spiro atoms. The Hall–Kier alpha value is -2.10. The van der Waals surface area contributed by atoms with E-state index in [0.29, 0.717) is 16.9 Å². The first-order valence-electron chi connectivity index (χ1n) is 5.22. The quantitative estimate of drug-likeness (QED) is 0.807. The van der Waals surface area contributed by atoms with E-state index in [1.165, 1.54) is 24.3 Å². The van der Waals surface area contributed by atoms with Gasteiger partial charge in [-0.2, -0.15) is 0 Å². The molecule has 17 heavy (non-hydrogen) atoms. The number of hydrogen-bond acceptors (Lipinski definition) is 2. The number of nitrogens with zero attached hydrogens (tertiary/aromatic N) is 1. The summed E-state index contributed by atoms with van der Waals surface area (Å²) >= 11 is 0. The predicted octanol–water partition coefficient (Wildman–Crippen LogP) is 2.29. The van der Waals surface area contributed by atoms with E-state index in [9.17, 15) is 9.18 Å². The molecule has 2 N–H and O–H groups in total. The Labute approximate surface area is 98.7 Å². The number of halogens is 1. The van der Waals surface area contributed by atoms with E-state index in [-0.39, 0.29) is 11.6 Å². The summed E-state index contributed by atoms with van der Waals surface area (Å²) in [6.45, 7) is 1.87. The number of rotatable bonds is 2. The SMILES string of the molecule is Cc1cc(N)c(C(=O)c2ccc(F)cc2)n1C. The van der Waals surface area contributed by atoms with E-state index >= 15 is 0 Å². The number of nitrogen functional groups attached to an aromatic ring is 1. The van der Waals surface area contributed by atoms with Crippen LogP contribution < -0.4 is 5.73 Å². The summed E-state index contributed by atoms with van der Waals surface area (Å²) in [4.78, 5) is 12.2. The van der Waals surface area contributed by atoms with Gasteiger partial charge in [0.1, 0.15) is 11.5 Å². The Morgan fingerprint density at radius 3 is 2.35 bits per heavy atom. The minimum absolute atomic E-state index is 0.196. The second-order valence-corrected chi connectivity index (χ2v) is 3.98. The lowest BCUT2D eigenvalue weighted by Gasteiger charge is -2.05. The normalized spacial score (nSPS) is 10.5. The van der Waals surface area contributed by atoms with Crippen molar-refractivity contribution in [3.8, 4) is 0 Å². The van der Waals surface area contributed by atoms with Crippen LogP contribution in [0.1, 0.15) is 21.7 Å². The number of benzene rings is 1. The fourth-order valence-electron chi connectivity index (χ4n) is 1.78. The molecule has 4 heteroatoms. The average molecular weight is 232 g/mol. The molecule has 1 aromatic carbocycles. The lowest BCUT2D eigenvalue weighted by molar-refractivity contribution is 0.103. The molecule has 3 nitrogen and oxygen atoms in total. The number of hydrogen-bond donors (Lipinski definition) is 1. The molecule has 0 unspecified atom stereocenters. The van der Waals surface area contributed by atoms with Gasteiger partial charge in [-0.15, -0.1) is 0 Å². The summed E-state index contributed by atoms with van der Waals surface area (Å²) in [5, 5.41) is 0. The maximum Gasteiger partial charge on any atom is 0.211 e.